The van der Waals surface area contributed by atoms with Crippen LogP contribution in [-0.4, -0.2) is 30.4 Å². The monoisotopic (exact) mass is 336 g/mol. The molecular weight excluding hydrogens is 316 g/mol. The Morgan fingerprint density at radius 2 is 1.96 bits per heavy atom. The fourth-order valence-corrected chi connectivity index (χ4v) is 2.13. The van der Waals surface area contributed by atoms with Crippen LogP contribution in [-0.2, 0) is 16.1 Å². The van der Waals surface area contributed by atoms with Crippen LogP contribution in [0.5, 0.6) is 11.5 Å². The Morgan fingerprint density at radius 3 is 2.54 bits per heavy atom. The SMILES string of the molecule is COc1cc(OCC(=O)OC(C)(C)C)c2c(=O)oc(CO)cc2c1. The van der Waals surface area contributed by atoms with Crippen LogP contribution in [0.15, 0.2) is 27.4 Å². The summed E-state index contributed by atoms with van der Waals surface area (Å²) in [6.07, 6.45) is 0. The molecule has 0 aliphatic heterocycles. The maximum absolute atomic E-state index is 12.1. The van der Waals surface area contributed by atoms with Gasteiger partial charge in [-0.25, -0.2) is 9.59 Å². The molecule has 0 saturated carbocycles. The van der Waals surface area contributed by atoms with Crippen LogP contribution in [0.4, 0.5) is 0 Å². The molecule has 7 nitrogen and oxygen atoms in total. The highest BCUT2D eigenvalue weighted by Gasteiger charge is 2.18. The van der Waals surface area contributed by atoms with E-state index in [1.165, 1.54) is 19.2 Å². The van der Waals surface area contributed by atoms with Crippen molar-refractivity contribution in [3.63, 3.8) is 0 Å². The lowest BCUT2D eigenvalue weighted by atomic mass is 10.1. The van der Waals surface area contributed by atoms with Crippen LogP contribution in [0.25, 0.3) is 10.8 Å². The highest BCUT2D eigenvalue weighted by Crippen LogP contribution is 2.29. The highest BCUT2D eigenvalue weighted by molar-refractivity contribution is 5.89. The van der Waals surface area contributed by atoms with Crippen molar-refractivity contribution in [1.29, 1.82) is 0 Å². The maximum Gasteiger partial charge on any atom is 0.347 e. The number of hydrogen-bond acceptors (Lipinski definition) is 7. The van der Waals surface area contributed by atoms with Crippen LogP contribution < -0.4 is 15.1 Å². The molecule has 0 fully saturated rings. The van der Waals surface area contributed by atoms with E-state index in [0.29, 0.717) is 11.1 Å². The average Bonchev–Trinajstić information content (AvgIpc) is 2.50. The van der Waals surface area contributed by atoms with Gasteiger partial charge in [-0.1, -0.05) is 0 Å². The van der Waals surface area contributed by atoms with Gasteiger partial charge in [0.2, 0.25) is 0 Å². The third-order valence-corrected chi connectivity index (χ3v) is 3.01. The molecule has 0 radical (unpaired) electrons. The third kappa shape index (κ3) is 4.26. The first-order valence-electron chi connectivity index (χ1n) is 7.34. The summed E-state index contributed by atoms with van der Waals surface area (Å²) in [5.74, 6) is 0.151. The van der Waals surface area contributed by atoms with Gasteiger partial charge < -0.3 is 23.7 Å². The summed E-state index contributed by atoms with van der Waals surface area (Å²) >= 11 is 0. The van der Waals surface area contributed by atoms with E-state index in [9.17, 15) is 9.59 Å². The Balaban J connectivity index is 2.38. The van der Waals surface area contributed by atoms with Crippen LogP contribution in [0.3, 0.4) is 0 Å². The zero-order valence-electron chi connectivity index (χ0n) is 14.0. The summed E-state index contributed by atoms with van der Waals surface area (Å²) in [5, 5.41) is 9.79. The molecule has 0 saturated heterocycles. The van der Waals surface area contributed by atoms with E-state index in [4.69, 9.17) is 23.7 Å². The number of esters is 1. The van der Waals surface area contributed by atoms with Crippen LogP contribution in [0.2, 0.25) is 0 Å². The van der Waals surface area contributed by atoms with Gasteiger partial charge in [-0.2, -0.15) is 0 Å². The second-order valence-electron chi connectivity index (χ2n) is 6.12. The van der Waals surface area contributed by atoms with E-state index < -0.39 is 23.8 Å². The topological polar surface area (TPSA) is 95.2 Å². The normalized spacial score (nSPS) is 11.4. The van der Waals surface area contributed by atoms with Gasteiger partial charge in [0.1, 0.15) is 34.9 Å². The summed E-state index contributed by atoms with van der Waals surface area (Å²) in [6.45, 7) is 4.47. The molecule has 0 unspecified atom stereocenters. The van der Waals surface area contributed by atoms with Crippen molar-refractivity contribution in [2.75, 3.05) is 13.7 Å². The van der Waals surface area contributed by atoms with Crippen molar-refractivity contribution < 1.29 is 28.5 Å². The van der Waals surface area contributed by atoms with Crippen LogP contribution >= 0.6 is 0 Å². The highest BCUT2D eigenvalue weighted by atomic mass is 16.6. The zero-order chi connectivity index (χ0) is 17.9. The molecule has 0 aliphatic carbocycles. The average molecular weight is 336 g/mol. The molecule has 1 heterocycles. The Morgan fingerprint density at radius 1 is 1.25 bits per heavy atom. The largest absolute Gasteiger partial charge is 0.497 e. The van der Waals surface area contributed by atoms with Gasteiger partial charge in [0, 0.05) is 6.07 Å². The standard InChI is InChI=1S/C17H20O7/c1-17(2,3)24-14(19)9-22-13-7-11(21-4)5-10-6-12(8-18)23-16(20)15(10)13/h5-7,18H,8-9H2,1-4H3. The number of methoxy groups -OCH3 is 1. The predicted octanol–water partition coefficient (Wildman–Crippen LogP) is 2.01. The molecule has 2 rings (SSSR count). The quantitative estimate of drug-likeness (QED) is 0.835. The first-order valence-corrected chi connectivity index (χ1v) is 7.34. The number of aliphatic hydroxyl groups excluding tert-OH is 1. The smallest absolute Gasteiger partial charge is 0.347 e. The molecule has 1 aromatic carbocycles. The number of aliphatic hydroxyl groups is 1. The van der Waals surface area contributed by atoms with Crippen molar-refractivity contribution in [2.24, 2.45) is 0 Å². The van der Waals surface area contributed by atoms with Gasteiger partial charge in [0.15, 0.2) is 6.61 Å². The summed E-state index contributed by atoms with van der Waals surface area (Å²) in [5.41, 5.74) is -1.30. The Hall–Kier alpha value is -2.54. The van der Waals surface area contributed by atoms with Crippen molar-refractivity contribution >= 4 is 16.7 Å². The number of carbonyl (C=O) groups excluding carboxylic acids is 1. The Labute approximate surface area is 138 Å². The number of rotatable bonds is 5. The van der Waals surface area contributed by atoms with Gasteiger partial charge in [0.05, 0.1) is 7.11 Å². The molecule has 2 aromatic rings. The first-order chi connectivity index (χ1) is 11.2. The molecular formula is C17H20O7. The molecule has 0 atom stereocenters. The molecule has 24 heavy (non-hydrogen) atoms. The summed E-state index contributed by atoms with van der Waals surface area (Å²) < 4.78 is 20.8. The lowest BCUT2D eigenvalue weighted by molar-refractivity contribution is -0.157. The molecule has 0 aliphatic rings. The molecule has 0 amide bonds. The number of carbonyl (C=O) groups is 1. The van der Waals surface area contributed by atoms with Crippen molar-refractivity contribution in [1.82, 2.24) is 0 Å². The molecule has 7 heteroatoms. The molecule has 0 bridgehead atoms. The lowest BCUT2D eigenvalue weighted by Gasteiger charge is -2.19. The molecule has 130 valence electrons. The van der Waals surface area contributed by atoms with Gasteiger partial charge in [-0.05, 0) is 38.3 Å². The van der Waals surface area contributed by atoms with E-state index in [-0.39, 0.29) is 23.5 Å². The predicted molar refractivity (Wildman–Crippen MR) is 86.3 cm³/mol. The summed E-state index contributed by atoms with van der Waals surface area (Å²) in [6, 6.07) is 4.62. The minimum Gasteiger partial charge on any atom is -0.497 e. The first kappa shape index (κ1) is 17.8. The maximum atomic E-state index is 12.1. The summed E-state index contributed by atoms with van der Waals surface area (Å²) in [7, 11) is 1.47. The second-order valence-corrected chi connectivity index (χ2v) is 6.12. The fraction of sp³-hybridized carbons (Fsp3) is 0.412. The number of ether oxygens (including phenoxy) is 3. The van der Waals surface area contributed by atoms with E-state index in [1.54, 1.807) is 26.8 Å². The number of hydrogen-bond donors (Lipinski definition) is 1. The van der Waals surface area contributed by atoms with E-state index in [2.05, 4.69) is 0 Å². The van der Waals surface area contributed by atoms with Crippen LogP contribution in [0.1, 0.15) is 26.5 Å². The van der Waals surface area contributed by atoms with Crippen molar-refractivity contribution in [3.05, 3.63) is 34.4 Å². The Kier molecular flexibility index (Phi) is 5.14. The molecule has 1 aromatic heterocycles. The van der Waals surface area contributed by atoms with Gasteiger partial charge in [-0.15, -0.1) is 0 Å². The fourth-order valence-electron chi connectivity index (χ4n) is 2.13. The van der Waals surface area contributed by atoms with Crippen LogP contribution in [0, 0.1) is 0 Å². The minimum absolute atomic E-state index is 0.124. The molecule has 1 N–H and O–H groups in total. The van der Waals surface area contributed by atoms with Crippen molar-refractivity contribution in [2.45, 2.75) is 33.0 Å². The van der Waals surface area contributed by atoms with Gasteiger partial charge in [-0.3, -0.25) is 0 Å². The number of benzene rings is 1. The molecule has 0 spiro atoms. The minimum atomic E-state index is -0.668. The summed E-state index contributed by atoms with van der Waals surface area (Å²) in [4.78, 5) is 23.9. The lowest BCUT2D eigenvalue weighted by Crippen LogP contribution is -2.27. The van der Waals surface area contributed by atoms with Gasteiger partial charge >= 0.3 is 11.6 Å². The number of fused-ring (bicyclic) bond motifs is 1. The van der Waals surface area contributed by atoms with E-state index >= 15 is 0 Å². The second kappa shape index (κ2) is 6.92. The van der Waals surface area contributed by atoms with E-state index in [1.807, 2.05) is 0 Å². The zero-order valence-corrected chi connectivity index (χ0v) is 14.0. The van der Waals surface area contributed by atoms with E-state index in [0.717, 1.165) is 0 Å². The Bertz CT molecular complexity index is 794. The van der Waals surface area contributed by atoms with Crippen molar-refractivity contribution in [3.8, 4) is 11.5 Å². The van der Waals surface area contributed by atoms with Gasteiger partial charge in [0.25, 0.3) is 0 Å². The third-order valence-electron chi connectivity index (χ3n) is 3.01.